The number of amides is 2. The van der Waals surface area contributed by atoms with Gasteiger partial charge in [-0.25, -0.2) is 4.98 Å². The fourth-order valence-electron chi connectivity index (χ4n) is 1.65. The largest absolute Gasteiger partial charge is 0.347 e. The van der Waals surface area contributed by atoms with E-state index in [1.54, 1.807) is 14.1 Å². The first kappa shape index (κ1) is 15.1. The van der Waals surface area contributed by atoms with E-state index in [9.17, 15) is 9.59 Å². The van der Waals surface area contributed by atoms with E-state index in [-0.39, 0.29) is 17.5 Å². The van der Waals surface area contributed by atoms with E-state index in [1.165, 1.54) is 23.5 Å². The van der Waals surface area contributed by atoms with Crippen molar-refractivity contribution in [2.75, 3.05) is 14.1 Å². The molecule has 0 fully saturated rings. The molecule has 0 unspecified atom stereocenters. The minimum atomic E-state index is -0.537. The summed E-state index contributed by atoms with van der Waals surface area (Å²) < 4.78 is 0. The zero-order valence-corrected chi connectivity index (χ0v) is 11.8. The zero-order valence-electron chi connectivity index (χ0n) is 11.8. The molecule has 1 aromatic rings. The second-order valence-corrected chi connectivity index (χ2v) is 4.98. The smallest absolute Gasteiger partial charge is 0.272 e. The van der Waals surface area contributed by atoms with Crippen LogP contribution in [0.25, 0.3) is 0 Å². The number of nitrogens with zero attached hydrogens (tertiary/aromatic N) is 3. The van der Waals surface area contributed by atoms with Gasteiger partial charge in [-0.15, -0.1) is 0 Å². The molecule has 0 aliphatic rings. The average Bonchev–Trinajstić information content (AvgIpc) is 2.37. The molecule has 0 saturated heterocycles. The summed E-state index contributed by atoms with van der Waals surface area (Å²) in [6.45, 7) is 4.01. The van der Waals surface area contributed by atoms with Crippen molar-refractivity contribution in [3.63, 3.8) is 0 Å². The van der Waals surface area contributed by atoms with Gasteiger partial charge in [0, 0.05) is 26.5 Å². The van der Waals surface area contributed by atoms with E-state index in [1.807, 2.05) is 13.8 Å². The molecule has 0 aliphatic carbocycles. The monoisotopic (exact) mass is 264 g/mol. The fourth-order valence-corrected chi connectivity index (χ4v) is 1.65. The van der Waals surface area contributed by atoms with Gasteiger partial charge in [-0.05, 0) is 12.3 Å². The van der Waals surface area contributed by atoms with Crippen molar-refractivity contribution in [3.8, 4) is 0 Å². The van der Waals surface area contributed by atoms with E-state index in [0.29, 0.717) is 12.3 Å². The van der Waals surface area contributed by atoms with Gasteiger partial charge in [0.1, 0.15) is 11.7 Å². The molecular weight excluding hydrogens is 244 g/mol. The summed E-state index contributed by atoms with van der Waals surface area (Å²) in [4.78, 5) is 33.2. The van der Waals surface area contributed by atoms with Crippen LogP contribution in [-0.2, 0) is 4.79 Å². The van der Waals surface area contributed by atoms with E-state index in [4.69, 9.17) is 0 Å². The molecule has 19 heavy (non-hydrogen) atoms. The molecule has 1 atom stereocenters. The summed E-state index contributed by atoms with van der Waals surface area (Å²) in [6.07, 6.45) is 4.90. The highest BCUT2D eigenvalue weighted by Crippen LogP contribution is 2.07. The van der Waals surface area contributed by atoms with Crippen LogP contribution in [0.1, 0.15) is 30.8 Å². The van der Waals surface area contributed by atoms with Crippen LogP contribution in [-0.4, -0.2) is 46.8 Å². The molecule has 6 heteroatoms. The minimum Gasteiger partial charge on any atom is -0.347 e. The second-order valence-electron chi connectivity index (χ2n) is 4.98. The first-order valence-corrected chi connectivity index (χ1v) is 6.20. The summed E-state index contributed by atoms with van der Waals surface area (Å²) in [7, 11) is 3.34. The number of carbonyl (C=O) groups is 2. The van der Waals surface area contributed by atoms with Gasteiger partial charge in [0.15, 0.2) is 0 Å². The van der Waals surface area contributed by atoms with Crippen molar-refractivity contribution in [3.05, 3.63) is 24.3 Å². The molecular formula is C13H20N4O2. The van der Waals surface area contributed by atoms with Crippen LogP contribution in [0.4, 0.5) is 0 Å². The molecule has 0 radical (unpaired) electrons. The molecule has 2 amide bonds. The summed E-state index contributed by atoms with van der Waals surface area (Å²) in [5.41, 5.74) is 0.211. The Bertz CT molecular complexity index is 432. The molecule has 104 valence electrons. The van der Waals surface area contributed by atoms with Gasteiger partial charge >= 0.3 is 0 Å². The van der Waals surface area contributed by atoms with Gasteiger partial charge < -0.3 is 10.2 Å². The first-order chi connectivity index (χ1) is 8.91. The lowest BCUT2D eigenvalue weighted by molar-refractivity contribution is -0.131. The molecule has 1 heterocycles. The predicted octanol–water partition coefficient (Wildman–Crippen LogP) is 0.709. The van der Waals surface area contributed by atoms with Crippen molar-refractivity contribution in [1.29, 1.82) is 0 Å². The van der Waals surface area contributed by atoms with Gasteiger partial charge in [-0.3, -0.25) is 14.6 Å². The minimum absolute atomic E-state index is 0.119. The maximum Gasteiger partial charge on any atom is 0.272 e. The molecule has 0 aliphatic heterocycles. The van der Waals surface area contributed by atoms with Crippen molar-refractivity contribution in [2.45, 2.75) is 26.3 Å². The number of aromatic nitrogens is 2. The van der Waals surface area contributed by atoms with Gasteiger partial charge in [-0.2, -0.15) is 0 Å². The van der Waals surface area contributed by atoms with Crippen LogP contribution >= 0.6 is 0 Å². The molecule has 0 saturated carbocycles. The highest BCUT2D eigenvalue weighted by Gasteiger charge is 2.24. The number of carbonyl (C=O) groups excluding carboxylic acids is 2. The summed E-state index contributed by atoms with van der Waals surface area (Å²) >= 11 is 0. The Morgan fingerprint density at radius 3 is 2.47 bits per heavy atom. The van der Waals surface area contributed by atoms with Crippen LogP contribution in [0.2, 0.25) is 0 Å². The maximum atomic E-state index is 12.0. The fraction of sp³-hybridized carbons (Fsp3) is 0.538. The molecule has 0 spiro atoms. The predicted molar refractivity (Wildman–Crippen MR) is 71.4 cm³/mol. The normalized spacial score (nSPS) is 12.1. The number of hydrogen-bond donors (Lipinski definition) is 1. The second kappa shape index (κ2) is 6.82. The van der Waals surface area contributed by atoms with Crippen molar-refractivity contribution >= 4 is 11.8 Å². The van der Waals surface area contributed by atoms with Crippen molar-refractivity contribution in [1.82, 2.24) is 20.2 Å². The van der Waals surface area contributed by atoms with Crippen LogP contribution in [0.15, 0.2) is 18.6 Å². The van der Waals surface area contributed by atoms with Crippen LogP contribution < -0.4 is 5.32 Å². The average molecular weight is 264 g/mol. The van der Waals surface area contributed by atoms with Crippen LogP contribution in [0.3, 0.4) is 0 Å². The molecule has 6 nitrogen and oxygen atoms in total. The van der Waals surface area contributed by atoms with Crippen molar-refractivity contribution in [2.24, 2.45) is 5.92 Å². The van der Waals surface area contributed by atoms with Crippen LogP contribution in [0.5, 0.6) is 0 Å². The molecule has 0 bridgehead atoms. The van der Waals surface area contributed by atoms with Gasteiger partial charge in [-0.1, -0.05) is 13.8 Å². The lowest BCUT2D eigenvalue weighted by Gasteiger charge is -2.22. The van der Waals surface area contributed by atoms with Crippen LogP contribution in [0, 0.1) is 5.92 Å². The highest BCUT2D eigenvalue weighted by molar-refractivity contribution is 5.95. The van der Waals surface area contributed by atoms with E-state index < -0.39 is 6.04 Å². The Hall–Kier alpha value is -1.98. The molecule has 0 aromatic carbocycles. The lowest BCUT2D eigenvalue weighted by atomic mass is 10.0. The Morgan fingerprint density at radius 1 is 1.32 bits per heavy atom. The summed E-state index contributed by atoms with van der Waals surface area (Å²) in [5.74, 6) is -0.198. The SMILES string of the molecule is CC(C)C[C@H](NC(=O)c1cnccn1)C(=O)N(C)C. The third-order valence-corrected chi connectivity index (χ3v) is 2.55. The Balaban J connectivity index is 2.77. The molecule has 1 N–H and O–H groups in total. The number of nitrogens with one attached hydrogen (secondary N) is 1. The Labute approximate surface area is 113 Å². The third-order valence-electron chi connectivity index (χ3n) is 2.55. The quantitative estimate of drug-likeness (QED) is 0.850. The molecule has 1 rings (SSSR count). The highest BCUT2D eigenvalue weighted by atomic mass is 16.2. The standard InChI is InChI=1S/C13H20N4O2/c1-9(2)7-10(13(19)17(3)4)16-12(18)11-8-14-5-6-15-11/h5-6,8-10H,7H2,1-4H3,(H,16,18)/t10-/m0/s1. The third kappa shape index (κ3) is 4.65. The number of hydrogen-bond acceptors (Lipinski definition) is 4. The molecule has 1 aromatic heterocycles. The number of likely N-dealkylation sites (N-methyl/N-ethyl adjacent to an activating group) is 1. The van der Waals surface area contributed by atoms with Gasteiger partial charge in [0.05, 0.1) is 6.20 Å². The Morgan fingerprint density at radius 2 is 2.00 bits per heavy atom. The topological polar surface area (TPSA) is 75.2 Å². The maximum absolute atomic E-state index is 12.0. The Kier molecular flexibility index (Phi) is 5.41. The van der Waals surface area contributed by atoms with E-state index in [0.717, 1.165) is 0 Å². The van der Waals surface area contributed by atoms with Gasteiger partial charge in [0.2, 0.25) is 5.91 Å². The van der Waals surface area contributed by atoms with Gasteiger partial charge in [0.25, 0.3) is 5.91 Å². The first-order valence-electron chi connectivity index (χ1n) is 6.20. The zero-order chi connectivity index (χ0) is 14.4. The number of rotatable bonds is 5. The van der Waals surface area contributed by atoms with E-state index >= 15 is 0 Å². The lowest BCUT2D eigenvalue weighted by Crippen LogP contribution is -2.47. The van der Waals surface area contributed by atoms with Crippen molar-refractivity contribution < 1.29 is 9.59 Å². The summed E-state index contributed by atoms with van der Waals surface area (Å²) in [6, 6.07) is -0.537. The summed E-state index contributed by atoms with van der Waals surface area (Å²) in [5, 5.41) is 2.71. The van der Waals surface area contributed by atoms with E-state index in [2.05, 4.69) is 15.3 Å².